The van der Waals surface area contributed by atoms with Gasteiger partial charge in [-0.05, 0) is 18.6 Å². The maximum absolute atomic E-state index is 12.9. The lowest BCUT2D eigenvalue weighted by molar-refractivity contribution is 0.189. The van der Waals surface area contributed by atoms with Crippen LogP contribution in [-0.2, 0) is 22.4 Å². The maximum atomic E-state index is 12.9. The minimum absolute atomic E-state index is 0.0416. The summed E-state index contributed by atoms with van der Waals surface area (Å²) in [5, 5.41) is 5.31. The summed E-state index contributed by atoms with van der Waals surface area (Å²) >= 11 is 1.43. The van der Waals surface area contributed by atoms with Gasteiger partial charge in [-0.2, -0.15) is 4.98 Å². The second-order valence-electron chi connectivity index (χ2n) is 7.27. The molecule has 0 atom stereocenters. The third-order valence-electron chi connectivity index (χ3n) is 4.02. The highest BCUT2D eigenvalue weighted by molar-refractivity contribution is 7.98. The Morgan fingerprint density at radius 2 is 2.00 bits per heavy atom. The van der Waals surface area contributed by atoms with Crippen LogP contribution in [0, 0.1) is 0 Å². The number of benzene rings is 1. The summed E-state index contributed by atoms with van der Waals surface area (Å²) in [4.78, 5) is 22.0. The molecule has 0 unspecified atom stereocenters. The largest absolute Gasteiger partial charge is 0.385 e. The van der Waals surface area contributed by atoms with Crippen LogP contribution in [0.3, 0.4) is 0 Å². The standard InChI is InChI=1S/C19H24N4O3S/c1-19(2,3)17-21-15(26-22-17)12-27-18-20-14-9-6-5-8-13(14)16(24)23(18)10-7-11-25-4/h5-6,8-9H,7,10-12H2,1-4H3. The fraction of sp³-hybridized carbons (Fsp3) is 0.474. The minimum Gasteiger partial charge on any atom is -0.385 e. The van der Waals surface area contributed by atoms with Gasteiger partial charge in [0.1, 0.15) is 0 Å². The first-order valence-corrected chi connectivity index (χ1v) is 9.83. The Morgan fingerprint density at radius 3 is 2.70 bits per heavy atom. The zero-order chi connectivity index (χ0) is 19.4. The summed E-state index contributed by atoms with van der Waals surface area (Å²) in [6.07, 6.45) is 0.735. The van der Waals surface area contributed by atoms with Crippen molar-refractivity contribution < 1.29 is 9.26 Å². The molecular formula is C19H24N4O3S. The Bertz CT molecular complexity index is 975. The van der Waals surface area contributed by atoms with Crippen LogP contribution in [0.25, 0.3) is 10.9 Å². The number of aromatic nitrogens is 4. The van der Waals surface area contributed by atoms with Crippen LogP contribution < -0.4 is 5.56 Å². The van der Waals surface area contributed by atoms with Crippen molar-refractivity contribution in [3.8, 4) is 0 Å². The Balaban J connectivity index is 1.88. The maximum Gasteiger partial charge on any atom is 0.262 e. The van der Waals surface area contributed by atoms with E-state index in [0.717, 1.165) is 6.42 Å². The van der Waals surface area contributed by atoms with Gasteiger partial charge in [-0.3, -0.25) is 9.36 Å². The number of hydrogen-bond acceptors (Lipinski definition) is 7. The van der Waals surface area contributed by atoms with Gasteiger partial charge in [0.25, 0.3) is 5.56 Å². The molecule has 0 radical (unpaired) electrons. The molecule has 3 aromatic rings. The van der Waals surface area contributed by atoms with E-state index in [1.807, 2.05) is 39.0 Å². The smallest absolute Gasteiger partial charge is 0.262 e. The molecule has 0 saturated carbocycles. The molecule has 0 aliphatic carbocycles. The molecule has 0 aliphatic rings. The lowest BCUT2D eigenvalue weighted by atomic mass is 9.96. The van der Waals surface area contributed by atoms with Crippen molar-refractivity contribution in [2.45, 2.75) is 50.1 Å². The Kier molecular flexibility index (Phi) is 5.96. The number of rotatable bonds is 7. The predicted octanol–water partition coefficient (Wildman–Crippen LogP) is 3.41. The van der Waals surface area contributed by atoms with Crippen LogP contribution in [0.1, 0.15) is 38.9 Å². The summed E-state index contributed by atoms with van der Waals surface area (Å²) in [5.41, 5.74) is 0.476. The van der Waals surface area contributed by atoms with Crippen LogP contribution in [0.2, 0.25) is 0 Å². The molecule has 0 bridgehead atoms. The summed E-state index contributed by atoms with van der Waals surface area (Å²) < 4.78 is 12.2. The summed E-state index contributed by atoms with van der Waals surface area (Å²) in [6, 6.07) is 7.39. The minimum atomic E-state index is -0.171. The number of fused-ring (bicyclic) bond motifs is 1. The van der Waals surface area contributed by atoms with Gasteiger partial charge in [-0.25, -0.2) is 4.98 Å². The number of ether oxygens (including phenoxy) is 1. The highest BCUT2D eigenvalue weighted by Gasteiger charge is 2.21. The highest BCUT2D eigenvalue weighted by Crippen LogP contribution is 2.24. The van der Waals surface area contributed by atoms with E-state index in [0.29, 0.717) is 46.7 Å². The van der Waals surface area contributed by atoms with E-state index < -0.39 is 0 Å². The zero-order valence-electron chi connectivity index (χ0n) is 16.1. The van der Waals surface area contributed by atoms with Crippen LogP contribution in [-0.4, -0.2) is 33.4 Å². The van der Waals surface area contributed by atoms with Gasteiger partial charge in [0.15, 0.2) is 11.0 Å². The number of thioether (sulfide) groups is 1. The van der Waals surface area contributed by atoms with Crippen molar-refractivity contribution >= 4 is 22.7 Å². The van der Waals surface area contributed by atoms with Crippen molar-refractivity contribution in [1.82, 2.24) is 19.7 Å². The molecule has 3 rings (SSSR count). The molecule has 0 fully saturated rings. The molecule has 0 saturated heterocycles. The normalized spacial score (nSPS) is 12.0. The fourth-order valence-corrected chi connectivity index (χ4v) is 3.43. The first-order chi connectivity index (χ1) is 12.9. The van der Waals surface area contributed by atoms with Crippen LogP contribution >= 0.6 is 11.8 Å². The average molecular weight is 388 g/mol. The van der Waals surface area contributed by atoms with Gasteiger partial charge in [0.05, 0.1) is 16.7 Å². The molecule has 0 aliphatic heterocycles. The van der Waals surface area contributed by atoms with Gasteiger partial charge in [0.2, 0.25) is 5.89 Å². The second-order valence-corrected chi connectivity index (χ2v) is 8.21. The van der Waals surface area contributed by atoms with Crippen molar-refractivity contribution in [1.29, 1.82) is 0 Å². The average Bonchev–Trinajstić information content (AvgIpc) is 3.12. The van der Waals surface area contributed by atoms with Gasteiger partial charge in [-0.1, -0.05) is 49.8 Å². The Hall–Kier alpha value is -2.19. The molecule has 2 heterocycles. The van der Waals surface area contributed by atoms with E-state index in [1.165, 1.54) is 11.8 Å². The highest BCUT2D eigenvalue weighted by atomic mass is 32.2. The monoisotopic (exact) mass is 388 g/mol. The van der Waals surface area contributed by atoms with Gasteiger partial charge < -0.3 is 9.26 Å². The topological polar surface area (TPSA) is 83.0 Å². The third kappa shape index (κ3) is 4.56. The molecule has 27 heavy (non-hydrogen) atoms. The van der Waals surface area contributed by atoms with Gasteiger partial charge >= 0.3 is 0 Å². The molecule has 2 aromatic heterocycles. The summed E-state index contributed by atoms with van der Waals surface area (Å²) in [5.74, 6) is 1.65. The van der Waals surface area contributed by atoms with Crippen LogP contribution in [0.15, 0.2) is 38.7 Å². The van der Waals surface area contributed by atoms with Crippen LogP contribution in [0.4, 0.5) is 0 Å². The molecule has 0 N–H and O–H groups in total. The van der Waals surface area contributed by atoms with Gasteiger partial charge in [-0.15, -0.1) is 0 Å². The SMILES string of the molecule is COCCCn1c(SCc2nc(C(C)(C)C)no2)nc2ccccc2c1=O. The van der Waals surface area contributed by atoms with Crippen molar-refractivity contribution in [2.75, 3.05) is 13.7 Å². The van der Waals surface area contributed by atoms with E-state index in [9.17, 15) is 4.79 Å². The van der Waals surface area contributed by atoms with E-state index in [-0.39, 0.29) is 11.0 Å². The van der Waals surface area contributed by atoms with E-state index in [4.69, 9.17) is 9.26 Å². The van der Waals surface area contributed by atoms with Crippen molar-refractivity contribution in [3.63, 3.8) is 0 Å². The van der Waals surface area contributed by atoms with Gasteiger partial charge in [0, 0.05) is 25.7 Å². The van der Waals surface area contributed by atoms with E-state index in [2.05, 4.69) is 15.1 Å². The number of para-hydroxylation sites is 1. The number of methoxy groups -OCH3 is 1. The molecule has 144 valence electrons. The molecule has 0 amide bonds. The third-order valence-corrected chi connectivity index (χ3v) is 4.98. The summed E-state index contributed by atoms with van der Waals surface area (Å²) in [7, 11) is 1.65. The van der Waals surface area contributed by atoms with Crippen LogP contribution in [0.5, 0.6) is 0 Å². The zero-order valence-corrected chi connectivity index (χ0v) is 16.9. The van der Waals surface area contributed by atoms with E-state index in [1.54, 1.807) is 17.7 Å². The van der Waals surface area contributed by atoms with E-state index >= 15 is 0 Å². The molecule has 8 heteroatoms. The van der Waals surface area contributed by atoms with Crippen molar-refractivity contribution in [3.05, 3.63) is 46.3 Å². The summed E-state index contributed by atoms with van der Waals surface area (Å²) in [6.45, 7) is 7.24. The molecule has 0 spiro atoms. The Labute approximate surface area is 162 Å². The quantitative estimate of drug-likeness (QED) is 0.348. The number of nitrogens with zero attached hydrogens (tertiary/aromatic N) is 4. The Morgan fingerprint density at radius 1 is 1.22 bits per heavy atom. The lowest BCUT2D eigenvalue weighted by Crippen LogP contribution is -2.24. The fourth-order valence-electron chi connectivity index (χ4n) is 2.57. The first kappa shape index (κ1) is 19.6. The molecule has 1 aromatic carbocycles. The molecule has 7 nitrogen and oxygen atoms in total. The predicted molar refractivity (Wildman–Crippen MR) is 105 cm³/mol. The van der Waals surface area contributed by atoms with Crippen molar-refractivity contribution in [2.24, 2.45) is 0 Å². The first-order valence-electron chi connectivity index (χ1n) is 8.84. The number of hydrogen-bond donors (Lipinski definition) is 0. The molecular weight excluding hydrogens is 364 g/mol. The second kappa shape index (κ2) is 8.22. The lowest BCUT2D eigenvalue weighted by Gasteiger charge is -2.12.